The second-order valence-corrected chi connectivity index (χ2v) is 7.74. The average Bonchev–Trinajstić information content (AvgIpc) is 2.62. The molecule has 0 bridgehead atoms. The van der Waals surface area contributed by atoms with Crippen molar-refractivity contribution < 1.29 is 0 Å². The number of rotatable bonds is 5. The van der Waals surface area contributed by atoms with Gasteiger partial charge < -0.3 is 10.2 Å². The second-order valence-electron chi connectivity index (χ2n) is 7.74. The standard InChI is InChI=1S/C21H29N5/c1-21(2,3)24-19-16-20(23-17-22-19)26-14-12-25(13-15-26)11-7-10-18-8-5-4-6-9-18/h4-10,16-17H,11-15H2,1-3H3,(H,22,23,24)/b10-7+. The van der Waals surface area contributed by atoms with Crippen LogP contribution in [0.4, 0.5) is 11.6 Å². The third kappa shape index (κ3) is 5.56. The highest BCUT2D eigenvalue weighted by Gasteiger charge is 2.18. The maximum Gasteiger partial charge on any atom is 0.134 e. The Morgan fingerprint density at radius 3 is 2.46 bits per heavy atom. The molecule has 0 unspecified atom stereocenters. The van der Waals surface area contributed by atoms with Gasteiger partial charge in [0.05, 0.1) is 0 Å². The summed E-state index contributed by atoms with van der Waals surface area (Å²) in [7, 11) is 0. The number of piperazine rings is 1. The van der Waals surface area contributed by atoms with Gasteiger partial charge in [0.15, 0.2) is 0 Å². The molecule has 2 aromatic rings. The summed E-state index contributed by atoms with van der Waals surface area (Å²) in [4.78, 5) is 13.6. The van der Waals surface area contributed by atoms with Gasteiger partial charge in [-0.05, 0) is 26.3 Å². The third-order valence-corrected chi connectivity index (χ3v) is 4.33. The molecule has 0 amide bonds. The van der Waals surface area contributed by atoms with Gasteiger partial charge in [-0.3, -0.25) is 4.90 Å². The van der Waals surface area contributed by atoms with E-state index in [4.69, 9.17) is 0 Å². The van der Waals surface area contributed by atoms with E-state index in [1.807, 2.05) is 6.07 Å². The lowest BCUT2D eigenvalue weighted by Gasteiger charge is -2.35. The number of aromatic nitrogens is 2. The van der Waals surface area contributed by atoms with Crippen LogP contribution < -0.4 is 10.2 Å². The largest absolute Gasteiger partial charge is 0.365 e. The van der Waals surface area contributed by atoms with Crippen LogP contribution in [-0.2, 0) is 0 Å². The van der Waals surface area contributed by atoms with E-state index >= 15 is 0 Å². The van der Waals surface area contributed by atoms with Crippen molar-refractivity contribution in [2.45, 2.75) is 26.3 Å². The molecule has 2 heterocycles. The van der Waals surface area contributed by atoms with E-state index in [1.165, 1.54) is 5.56 Å². The summed E-state index contributed by atoms with van der Waals surface area (Å²) >= 11 is 0. The molecular weight excluding hydrogens is 322 g/mol. The fraction of sp³-hybridized carbons (Fsp3) is 0.429. The zero-order valence-corrected chi connectivity index (χ0v) is 16.0. The highest BCUT2D eigenvalue weighted by atomic mass is 15.3. The topological polar surface area (TPSA) is 44.3 Å². The predicted octanol–water partition coefficient (Wildman–Crippen LogP) is 3.52. The van der Waals surface area contributed by atoms with Gasteiger partial charge in [-0.25, -0.2) is 9.97 Å². The molecule has 0 aliphatic carbocycles. The van der Waals surface area contributed by atoms with Gasteiger partial charge in [0.25, 0.3) is 0 Å². The van der Waals surface area contributed by atoms with Crippen LogP contribution in [-0.4, -0.2) is 53.1 Å². The first-order valence-corrected chi connectivity index (χ1v) is 9.29. The SMILES string of the molecule is CC(C)(C)Nc1cc(N2CCN(C/C=C/c3ccccc3)CC2)ncn1. The molecule has 1 N–H and O–H groups in total. The van der Waals surface area contributed by atoms with Gasteiger partial charge in [-0.15, -0.1) is 0 Å². The summed E-state index contributed by atoms with van der Waals surface area (Å²) in [6.07, 6.45) is 6.10. The van der Waals surface area contributed by atoms with Crippen molar-refractivity contribution in [1.29, 1.82) is 0 Å². The van der Waals surface area contributed by atoms with Crippen molar-refractivity contribution in [1.82, 2.24) is 14.9 Å². The fourth-order valence-electron chi connectivity index (χ4n) is 3.03. The first kappa shape index (κ1) is 18.4. The number of benzene rings is 1. The molecule has 5 nitrogen and oxygen atoms in total. The molecule has 1 fully saturated rings. The van der Waals surface area contributed by atoms with Gasteiger partial charge in [-0.2, -0.15) is 0 Å². The van der Waals surface area contributed by atoms with Crippen molar-refractivity contribution in [3.63, 3.8) is 0 Å². The van der Waals surface area contributed by atoms with Crippen LogP contribution in [0.3, 0.4) is 0 Å². The van der Waals surface area contributed by atoms with Crippen LogP contribution in [0.15, 0.2) is 48.8 Å². The maximum atomic E-state index is 4.46. The van der Waals surface area contributed by atoms with Crippen molar-refractivity contribution >= 4 is 17.7 Å². The minimum atomic E-state index is -0.00455. The van der Waals surface area contributed by atoms with Crippen LogP contribution in [0.1, 0.15) is 26.3 Å². The summed E-state index contributed by atoms with van der Waals surface area (Å²) in [6.45, 7) is 11.5. The normalized spacial score (nSPS) is 16.2. The van der Waals surface area contributed by atoms with Gasteiger partial charge in [-0.1, -0.05) is 42.5 Å². The summed E-state index contributed by atoms with van der Waals surface area (Å²) < 4.78 is 0. The fourth-order valence-corrected chi connectivity index (χ4v) is 3.03. The first-order valence-electron chi connectivity index (χ1n) is 9.29. The lowest BCUT2D eigenvalue weighted by molar-refractivity contribution is 0.283. The Kier molecular flexibility index (Phi) is 5.89. The van der Waals surface area contributed by atoms with E-state index in [2.05, 4.69) is 88.3 Å². The molecule has 0 radical (unpaired) electrons. The van der Waals surface area contributed by atoms with Gasteiger partial charge in [0, 0.05) is 44.3 Å². The van der Waals surface area contributed by atoms with E-state index in [-0.39, 0.29) is 5.54 Å². The molecule has 0 atom stereocenters. The Balaban J connectivity index is 1.51. The van der Waals surface area contributed by atoms with E-state index < -0.39 is 0 Å². The molecule has 0 saturated carbocycles. The Hall–Kier alpha value is -2.40. The third-order valence-electron chi connectivity index (χ3n) is 4.33. The number of hydrogen-bond donors (Lipinski definition) is 1. The molecule has 1 aromatic heterocycles. The zero-order valence-electron chi connectivity index (χ0n) is 16.0. The molecule has 1 aliphatic heterocycles. The highest BCUT2D eigenvalue weighted by Crippen LogP contribution is 2.18. The lowest BCUT2D eigenvalue weighted by atomic mass is 10.1. The van der Waals surface area contributed by atoms with E-state index in [0.717, 1.165) is 44.4 Å². The van der Waals surface area contributed by atoms with Gasteiger partial charge in [0.1, 0.15) is 18.0 Å². The highest BCUT2D eigenvalue weighted by molar-refractivity contribution is 5.50. The van der Waals surface area contributed by atoms with Crippen LogP contribution in [0, 0.1) is 0 Å². The smallest absolute Gasteiger partial charge is 0.134 e. The minimum Gasteiger partial charge on any atom is -0.365 e. The van der Waals surface area contributed by atoms with Gasteiger partial charge in [0.2, 0.25) is 0 Å². The van der Waals surface area contributed by atoms with Crippen molar-refractivity contribution in [2.24, 2.45) is 0 Å². The first-order chi connectivity index (χ1) is 12.5. The minimum absolute atomic E-state index is 0.00455. The van der Waals surface area contributed by atoms with Crippen LogP contribution in [0.25, 0.3) is 6.08 Å². The Morgan fingerprint density at radius 1 is 1.04 bits per heavy atom. The summed E-state index contributed by atoms with van der Waals surface area (Å²) in [6, 6.07) is 12.5. The zero-order chi connectivity index (χ0) is 18.4. The van der Waals surface area contributed by atoms with Gasteiger partial charge >= 0.3 is 0 Å². The van der Waals surface area contributed by atoms with Crippen molar-refractivity contribution in [3.8, 4) is 0 Å². The molecule has 1 aliphatic rings. The summed E-state index contributed by atoms with van der Waals surface area (Å²) in [5, 5.41) is 3.42. The molecule has 26 heavy (non-hydrogen) atoms. The number of anilines is 2. The number of hydrogen-bond acceptors (Lipinski definition) is 5. The molecule has 1 aromatic carbocycles. The lowest BCUT2D eigenvalue weighted by Crippen LogP contribution is -2.46. The quantitative estimate of drug-likeness (QED) is 0.893. The second kappa shape index (κ2) is 8.32. The number of nitrogens with one attached hydrogen (secondary N) is 1. The molecule has 138 valence electrons. The van der Waals surface area contributed by atoms with Crippen molar-refractivity contribution in [2.75, 3.05) is 42.9 Å². The molecule has 5 heteroatoms. The van der Waals surface area contributed by atoms with E-state index in [0.29, 0.717) is 0 Å². The number of nitrogens with zero attached hydrogens (tertiary/aromatic N) is 4. The van der Waals surface area contributed by atoms with Crippen LogP contribution in [0.5, 0.6) is 0 Å². The van der Waals surface area contributed by atoms with Crippen LogP contribution >= 0.6 is 0 Å². The molecule has 1 saturated heterocycles. The molecule has 0 spiro atoms. The van der Waals surface area contributed by atoms with E-state index in [1.54, 1.807) is 6.33 Å². The predicted molar refractivity (Wildman–Crippen MR) is 110 cm³/mol. The Bertz CT molecular complexity index is 713. The summed E-state index contributed by atoms with van der Waals surface area (Å²) in [5.41, 5.74) is 1.25. The Morgan fingerprint density at radius 2 is 1.77 bits per heavy atom. The molecule has 3 rings (SSSR count). The summed E-state index contributed by atoms with van der Waals surface area (Å²) in [5.74, 6) is 1.89. The maximum absolute atomic E-state index is 4.46. The monoisotopic (exact) mass is 351 g/mol. The van der Waals surface area contributed by atoms with Crippen molar-refractivity contribution in [3.05, 3.63) is 54.4 Å². The average molecular weight is 351 g/mol. The Labute approximate surface area is 156 Å². The van der Waals surface area contributed by atoms with Crippen LogP contribution in [0.2, 0.25) is 0 Å². The van der Waals surface area contributed by atoms with E-state index in [9.17, 15) is 0 Å². The molecular formula is C21H29N5.